The summed E-state index contributed by atoms with van der Waals surface area (Å²) in [5.41, 5.74) is 7.17. The highest BCUT2D eigenvalue weighted by molar-refractivity contribution is 6.33. The van der Waals surface area contributed by atoms with Gasteiger partial charge in [-0.3, -0.25) is 4.79 Å². The van der Waals surface area contributed by atoms with E-state index in [9.17, 15) is 4.79 Å². The fourth-order valence-electron chi connectivity index (χ4n) is 3.13. The maximum absolute atomic E-state index is 12.5. The Hall–Kier alpha value is -1.49. The van der Waals surface area contributed by atoms with Gasteiger partial charge in [-0.25, -0.2) is 0 Å². The third kappa shape index (κ3) is 3.94. The Bertz CT molecular complexity index is 722. The summed E-state index contributed by atoms with van der Waals surface area (Å²) >= 11 is 12.3. The van der Waals surface area contributed by atoms with E-state index in [1.807, 2.05) is 17.0 Å². The smallest absolute Gasteiger partial charge is 0.257 e. The highest BCUT2D eigenvalue weighted by atomic mass is 35.5. The number of rotatable bonds is 4. The number of likely N-dealkylation sites (tertiary alicyclic amines) is 1. The molecule has 1 aliphatic heterocycles. The molecule has 3 rings (SSSR count). The highest BCUT2D eigenvalue weighted by Gasteiger charge is 2.25. The lowest BCUT2D eigenvalue weighted by Crippen LogP contribution is -2.38. The molecule has 1 aromatic heterocycles. The topological polar surface area (TPSA) is 59.5 Å². The summed E-state index contributed by atoms with van der Waals surface area (Å²) in [7, 11) is 0. The summed E-state index contributed by atoms with van der Waals surface area (Å²) in [6.07, 6.45) is 4.29. The highest BCUT2D eigenvalue weighted by Crippen LogP contribution is 2.28. The monoisotopic (exact) mass is 366 g/mol. The van der Waals surface area contributed by atoms with Gasteiger partial charge in [-0.15, -0.1) is 0 Å². The van der Waals surface area contributed by atoms with Gasteiger partial charge in [0.1, 0.15) is 12.0 Å². The predicted molar refractivity (Wildman–Crippen MR) is 95.4 cm³/mol. The first-order valence-corrected chi connectivity index (χ1v) is 8.83. The minimum absolute atomic E-state index is 0.0117. The van der Waals surface area contributed by atoms with Gasteiger partial charge < -0.3 is 15.1 Å². The number of carbonyl (C=O) groups is 1. The number of nitrogens with zero attached hydrogens (tertiary/aromatic N) is 1. The first-order chi connectivity index (χ1) is 11.6. The standard InChI is InChI=1S/C18H20Cl2N2O2/c19-15-1-2-17(20)13(8-15)7-12-3-5-22(6-4-12)18(23)14-9-16(10-21)24-11-14/h1-2,8-9,11-12H,3-7,10,21H2. The van der Waals surface area contributed by atoms with E-state index in [1.54, 1.807) is 12.1 Å². The zero-order valence-corrected chi connectivity index (χ0v) is 14.8. The summed E-state index contributed by atoms with van der Waals surface area (Å²) in [6, 6.07) is 7.29. The molecule has 1 saturated heterocycles. The van der Waals surface area contributed by atoms with Crippen molar-refractivity contribution >= 4 is 29.1 Å². The van der Waals surface area contributed by atoms with Crippen molar-refractivity contribution in [3.63, 3.8) is 0 Å². The maximum Gasteiger partial charge on any atom is 0.257 e. The third-order valence-corrected chi connectivity index (χ3v) is 5.12. The van der Waals surface area contributed by atoms with Crippen LogP contribution in [0.4, 0.5) is 0 Å². The molecule has 1 aliphatic rings. The van der Waals surface area contributed by atoms with E-state index in [-0.39, 0.29) is 5.91 Å². The Morgan fingerprint density at radius 1 is 1.25 bits per heavy atom. The van der Waals surface area contributed by atoms with Crippen molar-refractivity contribution in [3.05, 3.63) is 57.5 Å². The molecular formula is C18H20Cl2N2O2. The molecule has 0 atom stereocenters. The molecule has 1 amide bonds. The number of furan rings is 1. The molecule has 128 valence electrons. The average molecular weight is 367 g/mol. The lowest BCUT2D eigenvalue weighted by atomic mass is 9.90. The molecule has 0 bridgehead atoms. The van der Waals surface area contributed by atoms with Crippen LogP contribution in [0.1, 0.15) is 34.5 Å². The van der Waals surface area contributed by atoms with E-state index in [2.05, 4.69) is 0 Å². The fourth-order valence-corrected chi connectivity index (χ4v) is 3.52. The van der Waals surface area contributed by atoms with E-state index in [1.165, 1.54) is 6.26 Å². The Morgan fingerprint density at radius 3 is 2.67 bits per heavy atom. The number of halogens is 2. The molecule has 0 radical (unpaired) electrons. The van der Waals surface area contributed by atoms with E-state index in [0.29, 0.717) is 28.8 Å². The number of hydrogen-bond acceptors (Lipinski definition) is 3. The van der Waals surface area contributed by atoms with Crippen molar-refractivity contribution in [1.82, 2.24) is 4.90 Å². The van der Waals surface area contributed by atoms with Crippen molar-refractivity contribution < 1.29 is 9.21 Å². The van der Waals surface area contributed by atoms with Crippen LogP contribution >= 0.6 is 23.2 Å². The van der Waals surface area contributed by atoms with Crippen LogP contribution in [0.15, 0.2) is 34.9 Å². The summed E-state index contributed by atoms with van der Waals surface area (Å²) in [5, 5.41) is 1.46. The number of hydrogen-bond donors (Lipinski definition) is 1. The minimum Gasteiger partial charge on any atom is -0.467 e. The molecule has 1 fully saturated rings. The lowest BCUT2D eigenvalue weighted by Gasteiger charge is -2.32. The number of nitrogens with two attached hydrogens (primary N) is 1. The molecule has 0 unspecified atom stereocenters. The van der Waals surface area contributed by atoms with Gasteiger partial charge in [0.15, 0.2) is 0 Å². The van der Waals surface area contributed by atoms with E-state index in [4.69, 9.17) is 33.4 Å². The van der Waals surface area contributed by atoms with Crippen LogP contribution in [0.3, 0.4) is 0 Å². The number of piperidine rings is 1. The second kappa shape index (κ2) is 7.60. The summed E-state index contributed by atoms with van der Waals surface area (Å²) < 4.78 is 5.25. The number of amides is 1. The molecule has 0 saturated carbocycles. The van der Waals surface area contributed by atoms with Gasteiger partial charge in [0.25, 0.3) is 5.91 Å². The van der Waals surface area contributed by atoms with Crippen LogP contribution in [0.25, 0.3) is 0 Å². The van der Waals surface area contributed by atoms with Crippen LogP contribution in [-0.2, 0) is 13.0 Å². The largest absolute Gasteiger partial charge is 0.467 e. The lowest BCUT2D eigenvalue weighted by molar-refractivity contribution is 0.0690. The first-order valence-electron chi connectivity index (χ1n) is 8.07. The Balaban J connectivity index is 1.57. The van der Waals surface area contributed by atoms with E-state index < -0.39 is 0 Å². The average Bonchev–Trinajstić information content (AvgIpc) is 3.07. The van der Waals surface area contributed by atoms with Gasteiger partial charge in [-0.05, 0) is 55.0 Å². The van der Waals surface area contributed by atoms with Crippen molar-refractivity contribution in [2.75, 3.05) is 13.1 Å². The Labute approximate surface area is 151 Å². The zero-order valence-electron chi connectivity index (χ0n) is 13.3. The zero-order chi connectivity index (χ0) is 17.1. The van der Waals surface area contributed by atoms with Gasteiger partial charge in [-0.2, -0.15) is 0 Å². The van der Waals surface area contributed by atoms with Gasteiger partial charge in [0, 0.05) is 23.1 Å². The summed E-state index contributed by atoms with van der Waals surface area (Å²) in [4.78, 5) is 14.4. The van der Waals surface area contributed by atoms with Crippen molar-refractivity contribution in [1.29, 1.82) is 0 Å². The van der Waals surface area contributed by atoms with Crippen molar-refractivity contribution in [2.45, 2.75) is 25.8 Å². The minimum atomic E-state index is 0.0117. The van der Waals surface area contributed by atoms with Crippen LogP contribution in [0.5, 0.6) is 0 Å². The molecule has 2 heterocycles. The second-order valence-electron chi connectivity index (χ2n) is 6.18. The van der Waals surface area contributed by atoms with Crippen LogP contribution in [0, 0.1) is 5.92 Å². The van der Waals surface area contributed by atoms with Gasteiger partial charge in [0.2, 0.25) is 0 Å². The molecule has 2 N–H and O–H groups in total. The van der Waals surface area contributed by atoms with Crippen LogP contribution in [-0.4, -0.2) is 23.9 Å². The van der Waals surface area contributed by atoms with Gasteiger partial charge in [0.05, 0.1) is 12.1 Å². The van der Waals surface area contributed by atoms with Crippen molar-refractivity contribution in [2.24, 2.45) is 11.7 Å². The molecule has 4 nitrogen and oxygen atoms in total. The van der Waals surface area contributed by atoms with Gasteiger partial charge in [-0.1, -0.05) is 23.2 Å². The third-order valence-electron chi connectivity index (χ3n) is 4.52. The maximum atomic E-state index is 12.5. The fraction of sp³-hybridized carbons (Fsp3) is 0.389. The molecular weight excluding hydrogens is 347 g/mol. The number of carbonyl (C=O) groups excluding carboxylic acids is 1. The summed E-state index contributed by atoms with van der Waals surface area (Å²) in [6.45, 7) is 1.78. The predicted octanol–water partition coefficient (Wildman–Crippen LogP) is 4.14. The molecule has 1 aromatic carbocycles. The SMILES string of the molecule is NCc1cc(C(=O)N2CCC(Cc3cc(Cl)ccc3Cl)CC2)co1. The number of benzene rings is 1. The normalized spacial score (nSPS) is 15.7. The van der Waals surface area contributed by atoms with Crippen LogP contribution in [0.2, 0.25) is 10.0 Å². The summed E-state index contributed by atoms with van der Waals surface area (Å²) in [5.74, 6) is 1.15. The Morgan fingerprint density at radius 2 is 2.00 bits per heavy atom. The molecule has 2 aromatic rings. The molecule has 0 spiro atoms. The molecule has 24 heavy (non-hydrogen) atoms. The molecule has 0 aliphatic carbocycles. The van der Waals surface area contributed by atoms with Gasteiger partial charge >= 0.3 is 0 Å². The van der Waals surface area contributed by atoms with E-state index >= 15 is 0 Å². The van der Waals surface area contributed by atoms with Crippen LogP contribution < -0.4 is 5.73 Å². The second-order valence-corrected chi connectivity index (χ2v) is 7.02. The molecule has 6 heteroatoms. The van der Waals surface area contributed by atoms with E-state index in [0.717, 1.165) is 42.9 Å². The van der Waals surface area contributed by atoms with Crippen molar-refractivity contribution in [3.8, 4) is 0 Å². The first kappa shape index (κ1) is 17.3. The Kier molecular flexibility index (Phi) is 5.49. The quantitative estimate of drug-likeness (QED) is 0.884.